The molecular formula is C17H21N7OS. The van der Waals surface area contributed by atoms with E-state index in [9.17, 15) is 4.79 Å². The van der Waals surface area contributed by atoms with E-state index in [1.54, 1.807) is 10.7 Å². The van der Waals surface area contributed by atoms with Gasteiger partial charge in [0.15, 0.2) is 0 Å². The molecule has 136 valence electrons. The highest BCUT2D eigenvalue weighted by atomic mass is 32.2. The van der Waals surface area contributed by atoms with Crippen LogP contribution in [0.5, 0.6) is 0 Å². The van der Waals surface area contributed by atoms with Crippen molar-refractivity contribution in [2.24, 2.45) is 0 Å². The van der Waals surface area contributed by atoms with Gasteiger partial charge in [0.1, 0.15) is 5.82 Å². The molecule has 0 saturated heterocycles. The first-order chi connectivity index (χ1) is 12.6. The normalized spacial score (nSPS) is 15.0. The van der Waals surface area contributed by atoms with E-state index in [0.29, 0.717) is 17.0 Å². The van der Waals surface area contributed by atoms with Crippen LogP contribution in [0.15, 0.2) is 23.5 Å². The lowest BCUT2D eigenvalue weighted by Gasteiger charge is -2.14. The van der Waals surface area contributed by atoms with Crippen molar-refractivity contribution in [3.05, 3.63) is 29.7 Å². The fourth-order valence-corrected chi connectivity index (χ4v) is 3.99. The average molecular weight is 371 g/mol. The van der Waals surface area contributed by atoms with Crippen LogP contribution in [0.4, 0.5) is 5.82 Å². The van der Waals surface area contributed by atoms with Gasteiger partial charge in [-0.2, -0.15) is 10.1 Å². The fraction of sp³-hybridized carbons (Fsp3) is 0.471. The predicted molar refractivity (Wildman–Crippen MR) is 99.3 cm³/mol. The second-order valence-corrected chi connectivity index (χ2v) is 7.52. The molecule has 0 aliphatic heterocycles. The first kappa shape index (κ1) is 17.0. The Morgan fingerprint density at radius 2 is 2.12 bits per heavy atom. The summed E-state index contributed by atoms with van der Waals surface area (Å²) >= 11 is 1.30. The maximum atomic E-state index is 12.3. The van der Waals surface area contributed by atoms with Gasteiger partial charge in [-0.25, -0.2) is 14.2 Å². The molecule has 3 heterocycles. The molecule has 1 aliphatic rings. The monoisotopic (exact) mass is 371 g/mol. The molecule has 1 amide bonds. The van der Waals surface area contributed by atoms with Gasteiger partial charge in [-0.05, 0) is 32.8 Å². The smallest absolute Gasteiger partial charge is 0.253 e. The number of nitrogens with zero attached hydrogens (tertiary/aromatic N) is 6. The van der Waals surface area contributed by atoms with Crippen molar-refractivity contribution in [3.63, 3.8) is 0 Å². The van der Waals surface area contributed by atoms with E-state index < -0.39 is 0 Å². The largest absolute Gasteiger partial charge is 0.310 e. The van der Waals surface area contributed by atoms with E-state index in [0.717, 1.165) is 30.0 Å². The zero-order chi connectivity index (χ0) is 18.1. The Morgan fingerprint density at radius 1 is 1.31 bits per heavy atom. The molecule has 3 aromatic heterocycles. The van der Waals surface area contributed by atoms with Gasteiger partial charge in [0.25, 0.3) is 5.78 Å². The lowest BCUT2D eigenvalue weighted by molar-refractivity contribution is -0.113. The first-order valence-corrected chi connectivity index (χ1v) is 9.76. The van der Waals surface area contributed by atoms with Crippen LogP contribution < -0.4 is 5.32 Å². The molecule has 8 nitrogen and oxygen atoms in total. The van der Waals surface area contributed by atoms with Crippen molar-refractivity contribution in [1.82, 2.24) is 29.4 Å². The molecule has 3 aromatic rings. The molecule has 1 fully saturated rings. The van der Waals surface area contributed by atoms with Gasteiger partial charge >= 0.3 is 0 Å². The zero-order valence-corrected chi connectivity index (χ0v) is 15.7. The zero-order valence-electron chi connectivity index (χ0n) is 14.8. The Labute approximate surface area is 155 Å². The van der Waals surface area contributed by atoms with Crippen molar-refractivity contribution in [2.45, 2.75) is 50.7 Å². The molecule has 26 heavy (non-hydrogen) atoms. The van der Waals surface area contributed by atoms with E-state index in [1.807, 2.05) is 30.7 Å². The maximum Gasteiger partial charge on any atom is 0.253 e. The summed E-state index contributed by atoms with van der Waals surface area (Å²) in [7, 11) is 0. The van der Waals surface area contributed by atoms with Crippen molar-refractivity contribution >= 4 is 29.3 Å². The lowest BCUT2D eigenvalue weighted by atomic mass is 10.2. The highest BCUT2D eigenvalue weighted by molar-refractivity contribution is 7.99. The molecule has 0 radical (unpaired) electrons. The number of fused-ring (bicyclic) bond motifs is 1. The third kappa shape index (κ3) is 3.44. The van der Waals surface area contributed by atoms with Crippen LogP contribution in [0.25, 0.3) is 5.78 Å². The molecule has 9 heteroatoms. The highest BCUT2D eigenvalue weighted by Crippen LogP contribution is 2.31. The third-order valence-corrected chi connectivity index (χ3v) is 5.38. The summed E-state index contributed by atoms with van der Waals surface area (Å²) in [6.45, 7) is 3.89. The minimum absolute atomic E-state index is 0.0885. The second-order valence-electron chi connectivity index (χ2n) is 6.58. The van der Waals surface area contributed by atoms with Crippen molar-refractivity contribution in [3.8, 4) is 0 Å². The number of hydrogen-bond donors (Lipinski definition) is 1. The topological polar surface area (TPSA) is 90.0 Å². The van der Waals surface area contributed by atoms with Crippen LogP contribution in [-0.4, -0.2) is 41.0 Å². The van der Waals surface area contributed by atoms with E-state index in [2.05, 4.69) is 25.5 Å². The SMILES string of the molecule is Cc1cc(C)n2nc(SCC(=O)Nc3ccnn3C3CCCC3)nc2n1. The standard InChI is InChI=1S/C17H21N7OS/c1-11-9-12(2)23-16(19-11)21-17(22-23)26-10-15(25)20-14-7-8-18-24(14)13-5-3-4-6-13/h7-9,13H,3-6,10H2,1-2H3,(H,20,25). The van der Waals surface area contributed by atoms with Crippen molar-refractivity contribution in [2.75, 3.05) is 11.1 Å². The number of aryl methyl sites for hydroxylation is 2. The van der Waals surface area contributed by atoms with Gasteiger partial charge in [0, 0.05) is 17.5 Å². The van der Waals surface area contributed by atoms with Gasteiger partial charge in [-0.3, -0.25) is 4.79 Å². The first-order valence-electron chi connectivity index (χ1n) is 8.77. The summed E-state index contributed by atoms with van der Waals surface area (Å²) in [5, 5.41) is 12.3. The van der Waals surface area contributed by atoms with E-state index in [-0.39, 0.29) is 11.7 Å². The summed E-state index contributed by atoms with van der Waals surface area (Å²) in [4.78, 5) is 21.1. The Hall–Kier alpha value is -2.42. The summed E-state index contributed by atoms with van der Waals surface area (Å²) in [5.41, 5.74) is 1.87. The van der Waals surface area contributed by atoms with Crippen LogP contribution in [0.2, 0.25) is 0 Å². The van der Waals surface area contributed by atoms with Crippen LogP contribution in [-0.2, 0) is 4.79 Å². The van der Waals surface area contributed by atoms with Crippen LogP contribution in [0.1, 0.15) is 43.1 Å². The molecule has 1 aliphatic carbocycles. The number of carbonyl (C=O) groups excluding carboxylic acids is 1. The molecule has 1 N–H and O–H groups in total. The molecule has 4 rings (SSSR count). The quantitative estimate of drug-likeness (QED) is 0.694. The van der Waals surface area contributed by atoms with Crippen LogP contribution >= 0.6 is 11.8 Å². The Bertz CT molecular complexity index is 942. The predicted octanol–water partition coefficient (Wildman–Crippen LogP) is 2.78. The molecule has 0 unspecified atom stereocenters. The molecule has 0 aromatic carbocycles. The number of hydrogen-bond acceptors (Lipinski definition) is 6. The van der Waals surface area contributed by atoms with Crippen molar-refractivity contribution in [1.29, 1.82) is 0 Å². The molecular weight excluding hydrogens is 350 g/mol. The lowest BCUT2D eigenvalue weighted by Crippen LogP contribution is -2.19. The minimum Gasteiger partial charge on any atom is -0.310 e. The van der Waals surface area contributed by atoms with Gasteiger partial charge in [0.2, 0.25) is 11.1 Å². The van der Waals surface area contributed by atoms with Crippen LogP contribution in [0, 0.1) is 13.8 Å². The summed E-state index contributed by atoms with van der Waals surface area (Å²) in [6.07, 6.45) is 6.43. The maximum absolute atomic E-state index is 12.3. The van der Waals surface area contributed by atoms with Crippen LogP contribution in [0.3, 0.4) is 0 Å². The van der Waals surface area contributed by atoms with E-state index in [4.69, 9.17) is 0 Å². The second kappa shape index (κ2) is 7.06. The van der Waals surface area contributed by atoms with Gasteiger partial charge in [0.05, 0.1) is 18.0 Å². The third-order valence-electron chi connectivity index (χ3n) is 4.54. The molecule has 0 spiro atoms. The Kier molecular flexibility index (Phi) is 4.62. The van der Waals surface area contributed by atoms with Gasteiger partial charge < -0.3 is 5.32 Å². The number of aromatic nitrogens is 6. The summed E-state index contributed by atoms with van der Waals surface area (Å²) in [6, 6.07) is 4.19. The minimum atomic E-state index is -0.0885. The summed E-state index contributed by atoms with van der Waals surface area (Å²) in [5.74, 6) is 1.47. The molecule has 0 atom stereocenters. The van der Waals surface area contributed by atoms with E-state index in [1.165, 1.54) is 24.6 Å². The number of anilines is 1. The summed E-state index contributed by atoms with van der Waals surface area (Å²) < 4.78 is 3.64. The average Bonchev–Trinajstić information content (AvgIpc) is 3.32. The highest BCUT2D eigenvalue weighted by Gasteiger charge is 2.20. The van der Waals surface area contributed by atoms with Gasteiger partial charge in [-0.15, -0.1) is 5.10 Å². The molecule has 0 bridgehead atoms. The number of carbonyl (C=O) groups is 1. The van der Waals surface area contributed by atoms with Crippen molar-refractivity contribution < 1.29 is 4.79 Å². The number of rotatable bonds is 5. The molecule has 1 saturated carbocycles. The van der Waals surface area contributed by atoms with E-state index >= 15 is 0 Å². The Balaban J connectivity index is 1.40. The van der Waals surface area contributed by atoms with Gasteiger partial charge in [-0.1, -0.05) is 24.6 Å². The fourth-order valence-electron chi connectivity index (χ4n) is 3.37. The number of nitrogens with one attached hydrogen (secondary N) is 1. The number of amides is 1. The number of thioether (sulfide) groups is 1. The Morgan fingerprint density at radius 3 is 2.92 bits per heavy atom.